The molecule has 1 rings (SSSR count). The number of rotatable bonds is 8. The third-order valence-corrected chi connectivity index (χ3v) is 3.98. The Morgan fingerprint density at radius 3 is 2.50 bits per heavy atom. The summed E-state index contributed by atoms with van der Waals surface area (Å²) in [5.41, 5.74) is 0. The molecule has 2 unspecified atom stereocenters. The highest BCUT2D eigenvalue weighted by molar-refractivity contribution is 8.00. The average Bonchev–Trinajstić information content (AvgIpc) is 2.44. The van der Waals surface area contributed by atoms with E-state index in [0.717, 1.165) is 0 Å². The summed E-state index contributed by atoms with van der Waals surface area (Å²) in [5, 5.41) is 14.8. The normalized spacial score (nSPS) is 13.6. The Balaban J connectivity index is 2.17. The van der Waals surface area contributed by atoms with Gasteiger partial charge in [0, 0.05) is 29.8 Å². The monoisotopic (exact) mass is 296 g/mol. The molecule has 0 saturated heterocycles. The number of aliphatic hydroxyl groups excluding tert-OH is 1. The number of nitrogens with one attached hydrogen (secondary N) is 2. The molecular formula is C15H24N2O2S. The highest BCUT2D eigenvalue weighted by Gasteiger charge is 2.08. The largest absolute Gasteiger partial charge is 0.396 e. The van der Waals surface area contributed by atoms with Gasteiger partial charge in [0.25, 0.3) is 0 Å². The second-order valence-corrected chi connectivity index (χ2v) is 6.46. The van der Waals surface area contributed by atoms with Gasteiger partial charge in [-0.05, 0) is 24.5 Å². The summed E-state index contributed by atoms with van der Waals surface area (Å²) in [4.78, 5) is 12.8. The zero-order chi connectivity index (χ0) is 14.8. The molecule has 2 amide bonds. The fourth-order valence-corrected chi connectivity index (χ4v) is 2.61. The van der Waals surface area contributed by atoms with E-state index >= 15 is 0 Å². The van der Waals surface area contributed by atoms with Crippen LogP contribution in [-0.4, -0.2) is 36.1 Å². The molecule has 20 heavy (non-hydrogen) atoms. The molecule has 0 spiro atoms. The zero-order valence-corrected chi connectivity index (χ0v) is 13.0. The maximum absolute atomic E-state index is 11.6. The number of amides is 2. The molecule has 0 bridgehead atoms. The van der Waals surface area contributed by atoms with E-state index in [1.165, 1.54) is 4.90 Å². The Morgan fingerprint density at radius 1 is 1.20 bits per heavy atom. The van der Waals surface area contributed by atoms with Gasteiger partial charge in [0.15, 0.2) is 0 Å². The molecule has 5 heteroatoms. The van der Waals surface area contributed by atoms with Crippen molar-refractivity contribution in [3.63, 3.8) is 0 Å². The number of aliphatic hydroxyl groups is 1. The van der Waals surface area contributed by atoms with Crippen molar-refractivity contribution in [2.45, 2.75) is 30.4 Å². The smallest absolute Gasteiger partial charge is 0.314 e. The SMILES string of the molecule is CC(CCO)CNC(=O)NCC(C)Sc1ccccc1. The first-order valence-corrected chi connectivity index (χ1v) is 7.84. The van der Waals surface area contributed by atoms with Gasteiger partial charge in [-0.15, -0.1) is 11.8 Å². The first-order valence-electron chi connectivity index (χ1n) is 6.96. The van der Waals surface area contributed by atoms with Crippen LogP contribution in [-0.2, 0) is 0 Å². The van der Waals surface area contributed by atoms with Crippen molar-refractivity contribution >= 4 is 17.8 Å². The van der Waals surface area contributed by atoms with Crippen molar-refractivity contribution in [1.82, 2.24) is 10.6 Å². The van der Waals surface area contributed by atoms with Crippen LogP contribution in [0.4, 0.5) is 4.79 Å². The van der Waals surface area contributed by atoms with Crippen LogP contribution in [0, 0.1) is 5.92 Å². The Bertz CT molecular complexity index is 387. The molecule has 4 nitrogen and oxygen atoms in total. The molecule has 1 aromatic carbocycles. The topological polar surface area (TPSA) is 61.4 Å². The van der Waals surface area contributed by atoms with E-state index in [1.54, 1.807) is 11.8 Å². The van der Waals surface area contributed by atoms with E-state index < -0.39 is 0 Å². The first-order chi connectivity index (χ1) is 9.61. The molecule has 0 saturated carbocycles. The minimum atomic E-state index is -0.143. The fraction of sp³-hybridized carbons (Fsp3) is 0.533. The van der Waals surface area contributed by atoms with Crippen molar-refractivity contribution in [1.29, 1.82) is 0 Å². The quantitative estimate of drug-likeness (QED) is 0.646. The minimum Gasteiger partial charge on any atom is -0.396 e. The second-order valence-electron chi connectivity index (χ2n) is 4.95. The number of benzene rings is 1. The summed E-state index contributed by atoms with van der Waals surface area (Å²) < 4.78 is 0. The van der Waals surface area contributed by atoms with Gasteiger partial charge in [0.1, 0.15) is 0 Å². The third kappa shape index (κ3) is 7.40. The minimum absolute atomic E-state index is 0.143. The highest BCUT2D eigenvalue weighted by Crippen LogP contribution is 2.21. The van der Waals surface area contributed by atoms with Crippen LogP contribution in [0.25, 0.3) is 0 Å². The van der Waals surface area contributed by atoms with Crippen molar-refractivity contribution in [2.75, 3.05) is 19.7 Å². The maximum atomic E-state index is 11.6. The molecule has 3 N–H and O–H groups in total. The molecule has 0 aliphatic rings. The number of carbonyl (C=O) groups is 1. The number of hydrogen-bond acceptors (Lipinski definition) is 3. The van der Waals surface area contributed by atoms with E-state index in [9.17, 15) is 4.79 Å². The van der Waals surface area contributed by atoms with Gasteiger partial charge < -0.3 is 15.7 Å². The molecule has 0 heterocycles. The highest BCUT2D eigenvalue weighted by atomic mass is 32.2. The lowest BCUT2D eigenvalue weighted by Crippen LogP contribution is -2.40. The van der Waals surface area contributed by atoms with Crippen molar-refractivity contribution in [3.05, 3.63) is 30.3 Å². The summed E-state index contributed by atoms with van der Waals surface area (Å²) in [6.45, 7) is 5.47. The predicted molar refractivity (Wildman–Crippen MR) is 84.0 cm³/mol. The number of urea groups is 1. The zero-order valence-electron chi connectivity index (χ0n) is 12.1. The van der Waals surface area contributed by atoms with Crippen molar-refractivity contribution < 1.29 is 9.90 Å². The summed E-state index contributed by atoms with van der Waals surface area (Å²) in [7, 11) is 0. The van der Waals surface area contributed by atoms with E-state index in [-0.39, 0.29) is 12.6 Å². The molecule has 1 aromatic rings. The van der Waals surface area contributed by atoms with Gasteiger partial charge in [-0.3, -0.25) is 0 Å². The Labute approximate surface area is 125 Å². The van der Waals surface area contributed by atoms with Crippen LogP contribution in [0.15, 0.2) is 35.2 Å². The van der Waals surface area contributed by atoms with Gasteiger partial charge >= 0.3 is 6.03 Å². The van der Waals surface area contributed by atoms with Gasteiger partial charge in [0.05, 0.1) is 0 Å². The fourth-order valence-electron chi connectivity index (χ4n) is 1.66. The molecule has 2 atom stereocenters. The van der Waals surface area contributed by atoms with E-state index in [0.29, 0.717) is 30.7 Å². The number of carbonyl (C=O) groups excluding carboxylic acids is 1. The van der Waals surface area contributed by atoms with E-state index in [4.69, 9.17) is 5.11 Å². The van der Waals surface area contributed by atoms with Crippen LogP contribution in [0.1, 0.15) is 20.3 Å². The van der Waals surface area contributed by atoms with Gasteiger partial charge in [-0.25, -0.2) is 4.79 Å². The van der Waals surface area contributed by atoms with Gasteiger partial charge in [-0.2, -0.15) is 0 Å². The van der Waals surface area contributed by atoms with Crippen LogP contribution in [0.5, 0.6) is 0 Å². The average molecular weight is 296 g/mol. The summed E-state index contributed by atoms with van der Waals surface area (Å²) in [6, 6.07) is 10.0. The van der Waals surface area contributed by atoms with Crippen LogP contribution in [0.2, 0.25) is 0 Å². The second kappa shape index (κ2) is 9.66. The van der Waals surface area contributed by atoms with Crippen LogP contribution in [0.3, 0.4) is 0 Å². The summed E-state index contributed by atoms with van der Waals surface area (Å²) >= 11 is 1.74. The lowest BCUT2D eigenvalue weighted by Gasteiger charge is -2.15. The van der Waals surface area contributed by atoms with E-state index in [2.05, 4.69) is 29.7 Å². The standard InChI is InChI=1S/C15H24N2O2S/c1-12(8-9-18)10-16-15(19)17-11-13(2)20-14-6-4-3-5-7-14/h3-7,12-13,18H,8-11H2,1-2H3,(H2,16,17,19). The molecule has 0 fully saturated rings. The molecule has 0 aromatic heterocycles. The van der Waals surface area contributed by atoms with Gasteiger partial charge in [-0.1, -0.05) is 32.0 Å². The molecule has 0 aliphatic carbocycles. The lowest BCUT2D eigenvalue weighted by atomic mass is 10.1. The van der Waals surface area contributed by atoms with Gasteiger partial charge in [0.2, 0.25) is 0 Å². The van der Waals surface area contributed by atoms with Crippen molar-refractivity contribution in [3.8, 4) is 0 Å². The Kier molecular flexibility index (Phi) is 8.14. The maximum Gasteiger partial charge on any atom is 0.314 e. The van der Waals surface area contributed by atoms with E-state index in [1.807, 2.05) is 25.1 Å². The summed E-state index contributed by atoms with van der Waals surface area (Å²) in [6.07, 6.45) is 0.709. The van der Waals surface area contributed by atoms with Crippen LogP contribution < -0.4 is 10.6 Å². The lowest BCUT2D eigenvalue weighted by molar-refractivity contribution is 0.234. The van der Waals surface area contributed by atoms with Crippen LogP contribution >= 0.6 is 11.8 Å². The predicted octanol–water partition coefficient (Wildman–Crippen LogP) is 2.48. The molecule has 112 valence electrons. The molecule has 0 radical (unpaired) electrons. The number of thioether (sulfide) groups is 1. The number of hydrogen-bond donors (Lipinski definition) is 3. The Hall–Kier alpha value is -1.20. The molecular weight excluding hydrogens is 272 g/mol. The van der Waals surface area contributed by atoms with Crippen molar-refractivity contribution in [2.24, 2.45) is 5.92 Å². The third-order valence-electron chi connectivity index (χ3n) is 2.86. The summed E-state index contributed by atoms with van der Waals surface area (Å²) in [5.74, 6) is 0.293. The molecule has 0 aliphatic heterocycles. The Morgan fingerprint density at radius 2 is 1.85 bits per heavy atom. The first kappa shape index (κ1) is 16.9.